The molecule has 0 fully saturated rings. The van der Waals surface area contributed by atoms with E-state index < -0.39 is 17.8 Å². The van der Waals surface area contributed by atoms with Gasteiger partial charge in [-0.1, -0.05) is 36.4 Å². The van der Waals surface area contributed by atoms with Gasteiger partial charge in [-0.05, 0) is 36.2 Å². The highest BCUT2D eigenvalue weighted by Gasteiger charge is 2.36. The summed E-state index contributed by atoms with van der Waals surface area (Å²) in [6.07, 6.45) is 2.45. The van der Waals surface area contributed by atoms with Crippen LogP contribution in [0.4, 0.5) is 10.1 Å². The van der Waals surface area contributed by atoms with Gasteiger partial charge in [0, 0.05) is 19.5 Å². The molecule has 0 saturated heterocycles. The number of anilines is 1. The number of benzene rings is 2. The summed E-state index contributed by atoms with van der Waals surface area (Å²) in [7, 11) is 0. The molecule has 0 bridgehead atoms. The van der Waals surface area contributed by atoms with Crippen molar-refractivity contribution in [3.8, 4) is 0 Å². The van der Waals surface area contributed by atoms with E-state index in [1.165, 1.54) is 29.3 Å². The van der Waals surface area contributed by atoms with E-state index in [-0.39, 0.29) is 18.0 Å². The molecule has 29 heavy (non-hydrogen) atoms. The number of primary amides is 1. The fourth-order valence-corrected chi connectivity index (χ4v) is 3.22. The molecule has 0 aromatic heterocycles. The lowest BCUT2D eigenvalue weighted by molar-refractivity contribution is -0.123. The Labute approximate surface area is 169 Å². The third-order valence-corrected chi connectivity index (χ3v) is 4.73. The van der Waals surface area contributed by atoms with Gasteiger partial charge in [-0.15, -0.1) is 6.58 Å². The molecule has 0 radical (unpaired) electrons. The summed E-state index contributed by atoms with van der Waals surface area (Å²) >= 11 is 0. The predicted octanol–water partition coefficient (Wildman–Crippen LogP) is 2.50. The van der Waals surface area contributed by atoms with E-state index >= 15 is 0 Å². The van der Waals surface area contributed by atoms with Gasteiger partial charge in [0.25, 0.3) is 5.91 Å². The second kappa shape index (κ2) is 9.14. The highest BCUT2D eigenvalue weighted by molar-refractivity contribution is 6.40. The van der Waals surface area contributed by atoms with Crippen LogP contribution >= 0.6 is 0 Å². The van der Waals surface area contributed by atoms with Crippen LogP contribution in [0.25, 0.3) is 0 Å². The van der Waals surface area contributed by atoms with Crippen LogP contribution in [0.3, 0.4) is 0 Å². The first-order valence-corrected chi connectivity index (χ1v) is 9.35. The van der Waals surface area contributed by atoms with Crippen molar-refractivity contribution < 1.29 is 14.0 Å². The van der Waals surface area contributed by atoms with Crippen molar-refractivity contribution in [1.82, 2.24) is 4.90 Å². The van der Waals surface area contributed by atoms with Gasteiger partial charge in [-0.3, -0.25) is 14.6 Å². The molecule has 0 aliphatic carbocycles. The van der Waals surface area contributed by atoms with Crippen molar-refractivity contribution in [3.05, 3.63) is 78.6 Å². The Morgan fingerprint density at radius 1 is 1.21 bits per heavy atom. The second-order valence-corrected chi connectivity index (χ2v) is 6.77. The van der Waals surface area contributed by atoms with Gasteiger partial charge < -0.3 is 10.6 Å². The van der Waals surface area contributed by atoms with E-state index in [0.717, 1.165) is 5.56 Å². The maximum atomic E-state index is 13.2. The molecule has 6 nitrogen and oxygen atoms in total. The van der Waals surface area contributed by atoms with Gasteiger partial charge >= 0.3 is 0 Å². The van der Waals surface area contributed by atoms with Crippen LogP contribution in [-0.2, 0) is 16.0 Å². The molecule has 1 aliphatic heterocycles. The molecule has 2 aromatic rings. The Balaban J connectivity index is 1.79. The Morgan fingerprint density at radius 3 is 2.52 bits per heavy atom. The lowest BCUT2D eigenvalue weighted by Gasteiger charge is -2.21. The van der Waals surface area contributed by atoms with E-state index in [9.17, 15) is 14.0 Å². The number of halogens is 1. The zero-order chi connectivity index (χ0) is 20.8. The summed E-state index contributed by atoms with van der Waals surface area (Å²) in [6.45, 7) is 4.58. The first-order valence-electron chi connectivity index (χ1n) is 9.35. The van der Waals surface area contributed by atoms with Crippen LogP contribution in [0, 0.1) is 5.82 Å². The first-order chi connectivity index (χ1) is 14.0. The molecule has 1 atom stereocenters. The van der Waals surface area contributed by atoms with Crippen LogP contribution in [0.2, 0.25) is 0 Å². The lowest BCUT2D eigenvalue weighted by atomic mass is 10.1. The number of nitrogens with zero attached hydrogens (tertiary/aromatic N) is 3. The van der Waals surface area contributed by atoms with Crippen LogP contribution in [0.5, 0.6) is 0 Å². The summed E-state index contributed by atoms with van der Waals surface area (Å²) in [5.41, 5.74) is 7.38. The Bertz CT molecular complexity index is 912. The van der Waals surface area contributed by atoms with E-state index in [1.807, 2.05) is 30.3 Å². The lowest BCUT2D eigenvalue weighted by Crippen LogP contribution is -2.41. The molecule has 2 amide bonds. The first kappa shape index (κ1) is 20.3. The number of hydrazone groups is 1. The summed E-state index contributed by atoms with van der Waals surface area (Å²) in [4.78, 5) is 26.6. The minimum Gasteiger partial charge on any atom is -0.368 e. The summed E-state index contributed by atoms with van der Waals surface area (Å²) in [5.74, 6) is -1.26. The molecule has 150 valence electrons. The molecule has 1 heterocycles. The molecule has 1 unspecified atom stereocenters. The number of carbonyl (C=O) groups excluding carboxylic acids is 2. The molecule has 0 spiro atoms. The highest BCUT2D eigenvalue weighted by atomic mass is 19.1. The van der Waals surface area contributed by atoms with Gasteiger partial charge in [0.05, 0.1) is 5.69 Å². The van der Waals surface area contributed by atoms with E-state index in [0.29, 0.717) is 25.2 Å². The van der Waals surface area contributed by atoms with Gasteiger partial charge in [-0.2, -0.15) is 5.10 Å². The number of rotatable bonds is 8. The van der Waals surface area contributed by atoms with Crippen molar-refractivity contribution in [2.75, 3.05) is 18.1 Å². The third-order valence-electron chi connectivity index (χ3n) is 4.73. The van der Waals surface area contributed by atoms with Crippen molar-refractivity contribution in [2.45, 2.75) is 18.9 Å². The molecule has 1 aliphatic rings. The van der Waals surface area contributed by atoms with E-state index in [4.69, 9.17) is 5.73 Å². The molecule has 3 rings (SSSR count). The van der Waals surface area contributed by atoms with Gasteiger partial charge in [0.1, 0.15) is 17.6 Å². The third kappa shape index (κ3) is 4.87. The highest BCUT2D eigenvalue weighted by Crippen LogP contribution is 2.25. The second-order valence-electron chi connectivity index (χ2n) is 6.77. The zero-order valence-electron chi connectivity index (χ0n) is 16.0. The quantitative estimate of drug-likeness (QED) is 0.699. The van der Waals surface area contributed by atoms with Gasteiger partial charge in [0.15, 0.2) is 0 Å². The van der Waals surface area contributed by atoms with Crippen molar-refractivity contribution in [2.24, 2.45) is 10.8 Å². The van der Waals surface area contributed by atoms with Crippen molar-refractivity contribution in [1.29, 1.82) is 0 Å². The smallest absolute Gasteiger partial charge is 0.270 e. The van der Waals surface area contributed by atoms with Crippen molar-refractivity contribution in [3.63, 3.8) is 0 Å². The summed E-state index contributed by atoms with van der Waals surface area (Å²) < 4.78 is 13.2. The fourth-order valence-electron chi connectivity index (χ4n) is 3.22. The largest absolute Gasteiger partial charge is 0.368 e. The van der Waals surface area contributed by atoms with Crippen LogP contribution < -0.4 is 10.7 Å². The zero-order valence-corrected chi connectivity index (χ0v) is 16.0. The maximum absolute atomic E-state index is 13.2. The normalized spacial score (nSPS) is 15.7. The van der Waals surface area contributed by atoms with Crippen molar-refractivity contribution >= 4 is 23.2 Å². The summed E-state index contributed by atoms with van der Waals surface area (Å²) in [6, 6.07) is 14.6. The molecule has 2 aromatic carbocycles. The summed E-state index contributed by atoms with van der Waals surface area (Å²) in [5, 5.41) is 5.74. The average molecular weight is 394 g/mol. The fraction of sp³-hybridized carbons (Fsp3) is 0.227. The average Bonchev–Trinajstić information content (AvgIpc) is 3.18. The van der Waals surface area contributed by atoms with Crippen LogP contribution in [0.15, 0.2) is 72.4 Å². The predicted molar refractivity (Wildman–Crippen MR) is 111 cm³/mol. The molecule has 0 saturated carbocycles. The minimum atomic E-state index is -0.792. The Hall–Kier alpha value is -3.48. The number of nitrogens with two attached hydrogens (primary N) is 1. The SMILES string of the molecule is C=CCN(CCc1ccccc1)C(=O)C1=NN(c2ccc(F)cc2)C(C(N)=O)C1. The molecule has 2 N–H and O–H groups in total. The monoisotopic (exact) mass is 394 g/mol. The van der Waals surface area contributed by atoms with Crippen LogP contribution in [-0.4, -0.2) is 41.6 Å². The Kier molecular flexibility index (Phi) is 6.39. The maximum Gasteiger partial charge on any atom is 0.270 e. The number of carbonyl (C=O) groups is 2. The molecular weight excluding hydrogens is 371 g/mol. The van der Waals surface area contributed by atoms with E-state index in [2.05, 4.69) is 11.7 Å². The Morgan fingerprint density at radius 2 is 1.90 bits per heavy atom. The standard InChI is InChI=1S/C22H23FN4O2/c1-2-13-26(14-12-16-6-4-3-5-7-16)22(29)19-15-20(21(24)28)27(25-19)18-10-8-17(23)9-11-18/h2-11,20H,1,12-15H2,(H2,24,28). The van der Waals surface area contributed by atoms with Gasteiger partial charge in [-0.25, -0.2) is 4.39 Å². The molecule has 7 heteroatoms. The van der Waals surface area contributed by atoms with E-state index in [1.54, 1.807) is 11.0 Å². The number of hydrogen-bond donors (Lipinski definition) is 1. The topological polar surface area (TPSA) is 79.0 Å². The number of amides is 2. The molecular formula is C22H23FN4O2. The van der Waals surface area contributed by atoms with Gasteiger partial charge in [0.2, 0.25) is 5.91 Å². The number of hydrogen-bond acceptors (Lipinski definition) is 4. The minimum absolute atomic E-state index is 0.102. The van der Waals surface area contributed by atoms with Crippen LogP contribution in [0.1, 0.15) is 12.0 Å².